The summed E-state index contributed by atoms with van der Waals surface area (Å²) in [6, 6.07) is 16.7. The molecule has 2 aromatic carbocycles. The maximum absolute atomic E-state index is 12.4. The van der Waals surface area contributed by atoms with Crippen molar-refractivity contribution in [2.24, 2.45) is 0 Å². The van der Waals surface area contributed by atoms with Gasteiger partial charge >= 0.3 is 0 Å². The number of carbonyl (C=O) groups excluding carboxylic acids is 1. The lowest BCUT2D eigenvalue weighted by molar-refractivity contribution is -0.127. The highest BCUT2D eigenvalue weighted by Crippen LogP contribution is 2.34. The predicted octanol–water partition coefficient (Wildman–Crippen LogP) is 2.12. The van der Waals surface area contributed by atoms with Crippen LogP contribution in [0, 0.1) is 0 Å². The number of benzene rings is 2. The number of thioether (sulfide) groups is 1. The van der Waals surface area contributed by atoms with Crippen LogP contribution >= 0.6 is 11.8 Å². The number of anilines is 1. The number of sulfonamides is 1. The quantitative estimate of drug-likeness (QED) is 0.602. The molecule has 0 bridgehead atoms. The second-order valence-electron chi connectivity index (χ2n) is 5.82. The van der Waals surface area contributed by atoms with E-state index in [-0.39, 0.29) is 12.5 Å². The summed E-state index contributed by atoms with van der Waals surface area (Å²) >= 11 is 1.64. The number of fused-ring (bicyclic) bond motifs is 1. The third-order valence-electron chi connectivity index (χ3n) is 3.84. The molecule has 1 amide bonds. The maximum Gasteiger partial charge on any atom is 0.263 e. The average Bonchev–Trinajstić information content (AvgIpc) is 2.64. The van der Waals surface area contributed by atoms with Crippen LogP contribution in [0.4, 0.5) is 5.69 Å². The zero-order valence-corrected chi connectivity index (χ0v) is 15.9. The summed E-state index contributed by atoms with van der Waals surface area (Å²) in [5.74, 6) is 0.791. The topological polar surface area (TPSA) is 75.7 Å². The van der Waals surface area contributed by atoms with Gasteiger partial charge < -0.3 is 10.1 Å². The summed E-state index contributed by atoms with van der Waals surface area (Å²) in [5.41, 5.74) is 0.457. The molecule has 0 saturated carbocycles. The van der Waals surface area contributed by atoms with Crippen molar-refractivity contribution < 1.29 is 17.9 Å². The van der Waals surface area contributed by atoms with E-state index in [0.29, 0.717) is 18.0 Å². The summed E-state index contributed by atoms with van der Waals surface area (Å²) in [5, 5.41) is 2.82. The molecule has 8 heteroatoms. The average molecular weight is 393 g/mol. The highest BCUT2D eigenvalue weighted by molar-refractivity contribution is 7.99. The Balaban J connectivity index is 1.60. The van der Waals surface area contributed by atoms with Crippen LogP contribution in [0.3, 0.4) is 0 Å². The van der Waals surface area contributed by atoms with Crippen molar-refractivity contribution in [3.8, 4) is 5.75 Å². The van der Waals surface area contributed by atoms with Crippen molar-refractivity contribution >= 4 is 33.4 Å². The van der Waals surface area contributed by atoms with Gasteiger partial charge in [-0.05, 0) is 24.3 Å². The van der Waals surface area contributed by atoms with Crippen molar-refractivity contribution in [3.63, 3.8) is 0 Å². The van der Waals surface area contributed by atoms with Crippen LogP contribution in [0.1, 0.15) is 0 Å². The normalized spacial score (nSPS) is 16.5. The second kappa shape index (κ2) is 8.01. The maximum atomic E-state index is 12.4. The van der Waals surface area contributed by atoms with Crippen molar-refractivity contribution in [1.82, 2.24) is 5.32 Å². The van der Waals surface area contributed by atoms with E-state index in [4.69, 9.17) is 4.74 Å². The van der Waals surface area contributed by atoms with Crippen molar-refractivity contribution in [1.29, 1.82) is 0 Å². The van der Waals surface area contributed by atoms with Gasteiger partial charge in [0.1, 0.15) is 5.75 Å². The number of hydrogen-bond acceptors (Lipinski definition) is 5. The highest BCUT2D eigenvalue weighted by Gasteiger charge is 2.34. The van der Waals surface area contributed by atoms with Crippen LogP contribution in [0.15, 0.2) is 59.5 Å². The first-order valence-corrected chi connectivity index (χ1v) is 11.0. The number of nitrogens with zero attached hydrogens (tertiary/aromatic N) is 1. The van der Waals surface area contributed by atoms with Crippen molar-refractivity contribution in [3.05, 3.63) is 54.6 Å². The third kappa shape index (κ3) is 4.50. The Hall–Kier alpha value is -2.19. The summed E-state index contributed by atoms with van der Waals surface area (Å²) in [4.78, 5) is 13.6. The number of carbonyl (C=O) groups is 1. The highest BCUT2D eigenvalue weighted by atomic mass is 32.2. The molecule has 0 radical (unpaired) electrons. The summed E-state index contributed by atoms with van der Waals surface area (Å²) < 4.78 is 31.1. The third-order valence-corrected chi connectivity index (χ3v) is 6.00. The standard InChI is InChI=1S/C18H20N2O4S2/c1-26(22,23)20-13-17(24-16-10-6-5-9-15(16)20)18(21)19-11-12-25-14-7-3-2-4-8-14/h2-10,17H,11-13H2,1H3,(H,19,21)/t17-/m1/s1. The second-order valence-corrected chi connectivity index (χ2v) is 8.90. The molecular weight excluding hydrogens is 372 g/mol. The Kier molecular flexibility index (Phi) is 5.73. The van der Waals surface area contributed by atoms with Gasteiger partial charge in [-0.25, -0.2) is 8.42 Å². The fourth-order valence-corrected chi connectivity index (χ4v) is 4.33. The number of nitrogens with one attached hydrogen (secondary N) is 1. The van der Waals surface area contributed by atoms with E-state index in [1.165, 1.54) is 4.31 Å². The minimum atomic E-state index is -3.50. The van der Waals surface area contributed by atoms with Gasteiger partial charge in [-0.1, -0.05) is 30.3 Å². The van der Waals surface area contributed by atoms with Crippen LogP contribution < -0.4 is 14.4 Å². The Morgan fingerprint density at radius 3 is 2.62 bits per heavy atom. The van der Waals surface area contributed by atoms with E-state index in [2.05, 4.69) is 5.32 Å². The van der Waals surface area contributed by atoms with Gasteiger partial charge in [0, 0.05) is 17.2 Å². The Morgan fingerprint density at radius 2 is 1.88 bits per heavy atom. The molecule has 0 aliphatic carbocycles. The number of rotatable bonds is 6. The molecule has 6 nitrogen and oxygen atoms in total. The summed E-state index contributed by atoms with van der Waals surface area (Å²) in [6.07, 6.45) is 0.252. The van der Waals surface area contributed by atoms with E-state index in [1.54, 1.807) is 36.0 Å². The van der Waals surface area contributed by atoms with E-state index >= 15 is 0 Å². The fourth-order valence-electron chi connectivity index (χ4n) is 2.63. The SMILES string of the molecule is CS(=O)(=O)N1C[C@H](C(=O)NCCSc2ccccc2)Oc2ccccc21. The summed E-state index contributed by atoms with van der Waals surface area (Å²) in [7, 11) is -3.50. The Labute approximate surface area is 157 Å². The van der Waals surface area contributed by atoms with Gasteiger partial charge in [0.2, 0.25) is 10.0 Å². The molecule has 1 aliphatic rings. The van der Waals surface area contributed by atoms with Crippen molar-refractivity contribution in [2.45, 2.75) is 11.0 Å². The zero-order chi connectivity index (χ0) is 18.6. The van der Waals surface area contributed by atoms with Gasteiger partial charge in [-0.15, -0.1) is 11.8 Å². The largest absolute Gasteiger partial charge is 0.476 e. The van der Waals surface area contributed by atoms with E-state index in [9.17, 15) is 13.2 Å². The Bertz CT molecular complexity index is 872. The zero-order valence-electron chi connectivity index (χ0n) is 14.3. The molecule has 26 heavy (non-hydrogen) atoms. The van der Waals surface area contributed by atoms with E-state index in [0.717, 1.165) is 16.9 Å². The molecule has 2 aromatic rings. The first-order valence-electron chi connectivity index (χ1n) is 8.14. The molecule has 138 valence electrons. The first-order chi connectivity index (χ1) is 12.4. The fraction of sp³-hybridized carbons (Fsp3) is 0.278. The van der Waals surface area contributed by atoms with Crippen molar-refractivity contribution in [2.75, 3.05) is 29.4 Å². The van der Waals surface area contributed by atoms with Crippen LogP contribution in [-0.2, 0) is 14.8 Å². The van der Waals surface area contributed by atoms with Gasteiger partial charge in [-0.3, -0.25) is 9.10 Å². The Morgan fingerprint density at radius 1 is 1.19 bits per heavy atom. The molecule has 3 rings (SSSR count). The van der Waals surface area contributed by atoms with Crippen LogP contribution in [-0.4, -0.2) is 45.5 Å². The lowest BCUT2D eigenvalue weighted by Gasteiger charge is -2.33. The molecular formula is C18H20N2O4S2. The number of ether oxygens (including phenoxy) is 1. The molecule has 0 aromatic heterocycles. The minimum absolute atomic E-state index is 0.0342. The molecule has 1 heterocycles. The molecule has 1 atom stereocenters. The number of para-hydroxylation sites is 2. The molecule has 1 aliphatic heterocycles. The number of hydrogen-bond donors (Lipinski definition) is 1. The van der Waals surface area contributed by atoms with E-state index in [1.807, 2.05) is 30.3 Å². The summed E-state index contributed by atoms with van der Waals surface area (Å²) in [6.45, 7) is 0.437. The minimum Gasteiger partial charge on any atom is -0.476 e. The number of amides is 1. The first kappa shape index (κ1) is 18.6. The van der Waals surface area contributed by atoms with Crippen LogP contribution in [0.2, 0.25) is 0 Å². The van der Waals surface area contributed by atoms with Gasteiger partial charge in [0.05, 0.1) is 18.5 Å². The molecule has 0 unspecified atom stereocenters. The van der Waals surface area contributed by atoms with Crippen LogP contribution in [0.5, 0.6) is 5.75 Å². The molecule has 0 fully saturated rings. The molecule has 0 saturated heterocycles. The van der Waals surface area contributed by atoms with Gasteiger partial charge in [0.15, 0.2) is 6.10 Å². The lowest BCUT2D eigenvalue weighted by atomic mass is 10.2. The van der Waals surface area contributed by atoms with Gasteiger partial charge in [0.25, 0.3) is 5.91 Å². The monoisotopic (exact) mass is 392 g/mol. The van der Waals surface area contributed by atoms with Gasteiger partial charge in [-0.2, -0.15) is 0 Å². The lowest BCUT2D eigenvalue weighted by Crippen LogP contribution is -2.50. The molecule has 1 N–H and O–H groups in total. The van der Waals surface area contributed by atoms with E-state index < -0.39 is 16.1 Å². The predicted molar refractivity (Wildman–Crippen MR) is 103 cm³/mol. The smallest absolute Gasteiger partial charge is 0.263 e. The van der Waals surface area contributed by atoms with Crippen LogP contribution in [0.25, 0.3) is 0 Å². The molecule has 0 spiro atoms.